The second-order valence-corrected chi connectivity index (χ2v) is 8.32. The van der Waals surface area contributed by atoms with Gasteiger partial charge in [0, 0.05) is 24.0 Å². The number of aryl methyl sites for hydroxylation is 2. The van der Waals surface area contributed by atoms with Crippen LogP contribution in [-0.4, -0.2) is 33.5 Å². The summed E-state index contributed by atoms with van der Waals surface area (Å²) >= 11 is 1.83. The van der Waals surface area contributed by atoms with Crippen LogP contribution in [0.25, 0.3) is 0 Å². The van der Waals surface area contributed by atoms with E-state index in [2.05, 4.69) is 26.3 Å². The van der Waals surface area contributed by atoms with Crippen molar-refractivity contribution in [2.75, 3.05) is 6.54 Å². The van der Waals surface area contributed by atoms with Crippen LogP contribution in [0.1, 0.15) is 65.0 Å². The van der Waals surface area contributed by atoms with Gasteiger partial charge in [-0.05, 0) is 68.0 Å². The summed E-state index contributed by atoms with van der Waals surface area (Å²) in [7, 11) is 0. The van der Waals surface area contributed by atoms with Crippen LogP contribution in [0.3, 0.4) is 0 Å². The van der Waals surface area contributed by atoms with Crippen molar-refractivity contribution >= 4 is 17.2 Å². The number of amides is 1. The molecule has 1 amide bonds. The molecular weight excluding hydrogens is 346 g/mol. The number of hydrogen-bond acceptors (Lipinski definition) is 5. The summed E-state index contributed by atoms with van der Waals surface area (Å²) in [5.74, 6) is -0.136. The van der Waals surface area contributed by atoms with Crippen LogP contribution in [0.4, 0.5) is 0 Å². The Labute approximate surface area is 158 Å². The number of carbonyl (C=O) groups is 1. The number of nitrogens with one attached hydrogen (secondary N) is 2. The van der Waals surface area contributed by atoms with Crippen molar-refractivity contribution in [3.8, 4) is 0 Å². The Morgan fingerprint density at radius 2 is 2.23 bits per heavy atom. The van der Waals surface area contributed by atoms with Gasteiger partial charge in [-0.3, -0.25) is 9.48 Å². The average molecular weight is 374 g/mol. The number of rotatable bonds is 6. The predicted octanol–water partition coefficient (Wildman–Crippen LogP) is 2.68. The normalized spacial score (nSPS) is 19.9. The quantitative estimate of drug-likeness (QED) is 0.817. The molecule has 7 heteroatoms. The van der Waals surface area contributed by atoms with Crippen molar-refractivity contribution in [1.29, 1.82) is 0 Å². The zero-order chi connectivity index (χ0) is 17.8. The van der Waals surface area contributed by atoms with E-state index in [1.807, 2.05) is 11.3 Å². The fraction of sp³-hybridized carbons (Fsp3) is 0.632. The van der Waals surface area contributed by atoms with Gasteiger partial charge in [0.25, 0.3) is 5.91 Å². The molecule has 1 aliphatic carbocycles. The molecule has 4 rings (SSSR count). The van der Waals surface area contributed by atoms with Crippen molar-refractivity contribution in [3.05, 3.63) is 33.3 Å². The summed E-state index contributed by atoms with van der Waals surface area (Å²) < 4.78 is 1.79. The first-order chi connectivity index (χ1) is 12.8. The highest BCUT2D eigenvalue weighted by atomic mass is 32.1. The van der Waals surface area contributed by atoms with E-state index >= 15 is 0 Å². The predicted molar refractivity (Wildman–Crippen MR) is 102 cm³/mol. The monoisotopic (exact) mass is 373 g/mol. The molecule has 1 saturated heterocycles. The summed E-state index contributed by atoms with van der Waals surface area (Å²) in [5.41, 5.74) is 3.14. The van der Waals surface area contributed by atoms with E-state index in [9.17, 15) is 4.79 Å². The zero-order valence-electron chi connectivity index (χ0n) is 15.2. The minimum absolute atomic E-state index is 0.136. The summed E-state index contributed by atoms with van der Waals surface area (Å²) in [4.78, 5) is 13.9. The van der Waals surface area contributed by atoms with Gasteiger partial charge in [-0.25, -0.2) is 0 Å². The molecule has 0 radical (unpaired) electrons. The van der Waals surface area contributed by atoms with Crippen molar-refractivity contribution < 1.29 is 4.79 Å². The first-order valence-electron chi connectivity index (χ1n) is 9.79. The van der Waals surface area contributed by atoms with Crippen LogP contribution in [0.5, 0.6) is 0 Å². The van der Waals surface area contributed by atoms with E-state index in [1.165, 1.54) is 54.5 Å². The maximum atomic E-state index is 12.4. The third kappa shape index (κ3) is 4.15. The Balaban J connectivity index is 1.28. The van der Waals surface area contributed by atoms with Crippen molar-refractivity contribution in [3.63, 3.8) is 0 Å². The lowest BCUT2D eigenvalue weighted by Crippen LogP contribution is -2.34. The lowest BCUT2D eigenvalue weighted by Gasteiger charge is -2.23. The molecule has 0 spiro atoms. The third-order valence-electron chi connectivity index (χ3n) is 5.48. The number of fused-ring (bicyclic) bond motifs is 1. The van der Waals surface area contributed by atoms with Crippen LogP contribution >= 0.6 is 11.3 Å². The molecule has 0 saturated carbocycles. The molecule has 1 fully saturated rings. The van der Waals surface area contributed by atoms with Gasteiger partial charge in [0.2, 0.25) is 0 Å². The van der Waals surface area contributed by atoms with Crippen LogP contribution < -0.4 is 10.6 Å². The topological polar surface area (TPSA) is 71.8 Å². The molecule has 2 aromatic heterocycles. The standard InChI is InChI=1S/C19H27N5OS/c25-19(21-11-14-13-26-18-7-2-1-6-16(14)18)17-12-24(23-22-17)10-8-15-5-3-4-9-20-15/h12-13,15,20H,1-11H2,(H,21,25)/t15-/m0/s1. The molecule has 0 bridgehead atoms. The first kappa shape index (κ1) is 17.7. The summed E-state index contributed by atoms with van der Waals surface area (Å²) in [5, 5.41) is 16.9. The van der Waals surface area contributed by atoms with Gasteiger partial charge >= 0.3 is 0 Å². The van der Waals surface area contributed by atoms with Gasteiger partial charge < -0.3 is 10.6 Å². The lowest BCUT2D eigenvalue weighted by molar-refractivity contribution is 0.0945. The number of aromatic nitrogens is 3. The number of thiophene rings is 1. The Hall–Kier alpha value is -1.73. The van der Waals surface area contributed by atoms with Gasteiger partial charge in [0.15, 0.2) is 5.69 Å². The number of nitrogens with zero attached hydrogens (tertiary/aromatic N) is 3. The first-order valence-corrected chi connectivity index (χ1v) is 10.7. The fourth-order valence-corrected chi connectivity index (χ4v) is 5.09. The lowest BCUT2D eigenvalue weighted by atomic mass is 9.96. The second kappa shape index (κ2) is 8.31. The Kier molecular flexibility index (Phi) is 5.65. The molecule has 6 nitrogen and oxygen atoms in total. The van der Waals surface area contributed by atoms with Gasteiger partial charge in [-0.15, -0.1) is 16.4 Å². The van der Waals surface area contributed by atoms with E-state index in [0.717, 1.165) is 25.9 Å². The highest BCUT2D eigenvalue weighted by Gasteiger charge is 2.17. The highest BCUT2D eigenvalue weighted by Crippen LogP contribution is 2.30. The van der Waals surface area contributed by atoms with Crippen molar-refractivity contribution in [2.45, 2.75) is 70.5 Å². The molecule has 0 unspecified atom stereocenters. The SMILES string of the molecule is O=C(NCc1csc2c1CCCC2)c1cn(CC[C@@H]2CCCCN2)nn1. The highest BCUT2D eigenvalue weighted by molar-refractivity contribution is 7.10. The largest absolute Gasteiger partial charge is 0.346 e. The van der Waals surface area contributed by atoms with Crippen molar-refractivity contribution in [2.24, 2.45) is 0 Å². The van der Waals surface area contributed by atoms with E-state index in [0.29, 0.717) is 18.3 Å². The molecule has 3 heterocycles. The number of piperidine rings is 1. The van der Waals surface area contributed by atoms with Crippen LogP contribution in [0.2, 0.25) is 0 Å². The molecule has 140 valence electrons. The molecule has 0 aromatic carbocycles. The molecule has 2 aromatic rings. The average Bonchev–Trinajstić information content (AvgIpc) is 3.32. The Morgan fingerprint density at radius 3 is 3.12 bits per heavy atom. The molecular formula is C19H27N5OS. The minimum atomic E-state index is -0.136. The molecule has 26 heavy (non-hydrogen) atoms. The van der Waals surface area contributed by atoms with Gasteiger partial charge in [-0.2, -0.15) is 0 Å². The summed E-state index contributed by atoms with van der Waals surface area (Å²) in [6, 6.07) is 0.565. The van der Waals surface area contributed by atoms with Crippen molar-refractivity contribution in [1.82, 2.24) is 25.6 Å². The van der Waals surface area contributed by atoms with Gasteiger partial charge in [0.05, 0.1) is 6.20 Å². The maximum Gasteiger partial charge on any atom is 0.273 e. The van der Waals surface area contributed by atoms with Crippen LogP contribution in [0.15, 0.2) is 11.6 Å². The van der Waals surface area contributed by atoms with Gasteiger partial charge in [0.1, 0.15) is 0 Å². The smallest absolute Gasteiger partial charge is 0.273 e. The molecule has 2 N–H and O–H groups in total. The Morgan fingerprint density at radius 1 is 1.31 bits per heavy atom. The number of hydrogen-bond donors (Lipinski definition) is 2. The Bertz CT molecular complexity index is 747. The van der Waals surface area contributed by atoms with E-state index in [1.54, 1.807) is 10.9 Å². The number of carbonyl (C=O) groups excluding carboxylic acids is 1. The van der Waals surface area contributed by atoms with Crippen LogP contribution in [-0.2, 0) is 25.9 Å². The molecule has 2 aliphatic rings. The summed E-state index contributed by atoms with van der Waals surface area (Å²) in [6.07, 6.45) is 11.5. The van der Waals surface area contributed by atoms with E-state index in [4.69, 9.17) is 0 Å². The maximum absolute atomic E-state index is 12.4. The zero-order valence-corrected chi connectivity index (χ0v) is 16.0. The van der Waals surface area contributed by atoms with Crippen LogP contribution in [0, 0.1) is 0 Å². The molecule has 1 atom stereocenters. The summed E-state index contributed by atoms with van der Waals surface area (Å²) in [6.45, 7) is 2.50. The fourth-order valence-electron chi connectivity index (χ4n) is 3.95. The van der Waals surface area contributed by atoms with E-state index < -0.39 is 0 Å². The van der Waals surface area contributed by atoms with Gasteiger partial charge in [-0.1, -0.05) is 11.6 Å². The second-order valence-electron chi connectivity index (χ2n) is 7.35. The van der Waals surface area contributed by atoms with E-state index in [-0.39, 0.29) is 5.91 Å². The molecule has 1 aliphatic heterocycles. The minimum Gasteiger partial charge on any atom is -0.346 e. The third-order valence-corrected chi connectivity index (χ3v) is 6.62.